The van der Waals surface area contributed by atoms with Crippen molar-refractivity contribution in [3.63, 3.8) is 0 Å². The molecule has 0 fully saturated rings. The van der Waals surface area contributed by atoms with Gasteiger partial charge in [0.15, 0.2) is 0 Å². The molecule has 0 aliphatic heterocycles. The molecule has 0 saturated carbocycles. The molecular formula is C4H3BrClNO2. The molecule has 0 aliphatic carbocycles. The molecule has 0 amide bonds. The normalized spacial score (nSPS) is 10.0. The van der Waals surface area contributed by atoms with E-state index in [0.29, 0.717) is 4.47 Å². The van der Waals surface area contributed by atoms with Crippen LogP contribution < -0.4 is 0 Å². The maximum Gasteiger partial charge on any atom is 0.223 e. The summed E-state index contributed by atoms with van der Waals surface area (Å²) in [6, 6.07) is 1.29. The van der Waals surface area contributed by atoms with E-state index in [2.05, 4.69) is 15.9 Å². The van der Waals surface area contributed by atoms with Gasteiger partial charge in [-0.05, 0) is 15.9 Å². The van der Waals surface area contributed by atoms with Crippen molar-refractivity contribution in [3.05, 3.63) is 10.5 Å². The van der Waals surface area contributed by atoms with Crippen LogP contribution in [0.2, 0.25) is 0 Å². The minimum absolute atomic E-state index is 0.193. The molecule has 1 aromatic rings. The smallest absolute Gasteiger partial charge is 0.223 e. The molecule has 0 saturated heterocycles. The molecular weight excluding hydrogens is 209 g/mol. The van der Waals surface area contributed by atoms with Gasteiger partial charge in [-0.2, -0.15) is 4.09 Å². The largest absolute Gasteiger partial charge is 0.494 e. The van der Waals surface area contributed by atoms with Gasteiger partial charge < -0.3 is 10.2 Å². The Morgan fingerprint density at radius 3 is 2.22 bits per heavy atom. The quantitative estimate of drug-likeness (QED) is 0.687. The van der Waals surface area contributed by atoms with E-state index in [9.17, 15) is 0 Å². The van der Waals surface area contributed by atoms with Crippen LogP contribution in [0.25, 0.3) is 0 Å². The van der Waals surface area contributed by atoms with E-state index in [1.807, 2.05) is 0 Å². The Hall–Kier alpha value is -0.350. The first-order chi connectivity index (χ1) is 4.13. The van der Waals surface area contributed by atoms with Crippen molar-refractivity contribution in [3.8, 4) is 11.8 Å². The maximum atomic E-state index is 8.85. The van der Waals surface area contributed by atoms with E-state index in [4.69, 9.17) is 22.0 Å². The van der Waals surface area contributed by atoms with Crippen LogP contribution in [0, 0.1) is 0 Å². The lowest BCUT2D eigenvalue weighted by Crippen LogP contribution is -1.74. The SMILES string of the molecule is Oc1cc(Br)c(O)n1Cl. The Bertz CT molecular complexity index is 212. The second kappa shape index (κ2) is 2.11. The van der Waals surface area contributed by atoms with Crippen molar-refractivity contribution >= 4 is 27.7 Å². The summed E-state index contributed by atoms with van der Waals surface area (Å²) < 4.78 is 1.11. The molecule has 1 rings (SSSR count). The minimum Gasteiger partial charge on any atom is -0.494 e. The van der Waals surface area contributed by atoms with E-state index in [1.54, 1.807) is 0 Å². The predicted molar refractivity (Wildman–Crippen MR) is 36.7 cm³/mol. The molecule has 2 N–H and O–H groups in total. The number of hydrogen-bond acceptors (Lipinski definition) is 2. The molecule has 0 aliphatic rings. The van der Waals surface area contributed by atoms with Crippen LogP contribution in [0.1, 0.15) is 0 Å². The van der Waals surface area contributed by atoms with Crippen molar-refractivity contribution in [1.82, 2.24) is 4.09 Å². The summed E-state index contributed by atoms with van der Waals surface area (Å²) in [5, 5.41) is 17.6. The molecule has 0 atom stereocenters. The zero-order valence-corrected chi connectivity index (χ0v) is 6.52. The predicted octanol–water partition coefficient (Wildman–Crippen LogP) is 1.66. The first-order valence-corrected chi connectivity index (χ1v) is 3.21. The molecule has 0 aromatic carbocycles. The van der Waals surface area contributed by atoms with Gasteiger partial charge >= 0.3 is 0 Å². The Kier molecular flexibility index (Phi) is 1.59. The Morgan fingerprint density at radius 2 is 2.11 bits per heavy atom. The molecule has 0 unspecified atom stereocenters. The van der Waals surface area contributed by atoms with Gasteiger partial charge in [0.1, 0.15) is 0 Å². The lowest BCUT2D eigenvalue weighted by molar-refractivity contribution is 0.413. The highest BCUT2D eigenvalue weighted by molar-refractivity contribution is 9.10. The summed E-state index contributed by atoms with van der Waals surface area (Å²) >= 11 is 8.24. The molecule has 0 bridgehead atoms. The van der Waals surface area contributed by atoms with Crippen molar-refractivity contribution in [2.45, 2.75) is 0 Å². The van der Waals surface area contributed by atoms with E-state index >= 15 is 0 Å². The maximum absolute atomic E-state index is 8.85. The van der Waals surface area contributed by atoms with E-state index < -0.39 is 0 Å². The fraction of sp³-hybridized carbons (Fsp3) is 0. The summed E-state index contributed by atoms with van der Waals surface area (Å²) in [5.74, 6) is -0.393. The van der Waals surface area contributed by atoms with Crippen LogP contribution in [0.4, 0.5) is 0 Å². The van der Waals surface area contributed by atoms with Crippen LogP contribution in [-0.4, -0.2) is 14.3 Å². The van der Waals surface area contributed by atoms with Gasteiger partial charge in [-0.15, -0.1) is 0 Å². The Morgan fingerprint density at radius 1 is 1.56 bits per heavy atom. The van der Waals surface area contributed by atoms with Crippen LogP contribution >= 0.6 is 27.7 Å². The van der Waals surface area contributed by atoms with E-state index in [0.717, 1.165) is 4.09 Å². The summed E-state index contributed by atoms with van der Waals surface area (Å²) in [4.78, 5) is 0. The summed E-state index contributed by atoms with van der Waals surface area (Å²) in [5.41, 5.74) is 0. The molecule has 9 heavy (non-hydrogen) atoms. The minimum atomic E-state index is -0.200. The number of rotatable bonds is 0. The Balaban J connectivity index is 3.29. The standard InChI is InChI=1S/C4H3BrClNO2/c5-2-1-3(8)7(6)4(2)9/h1,8-9H. The second-order valence-electron chi connectivity index (χ2n) is 1.45. The molecule has 1 heterocycles. The van der Waals surface area contributed by atoms with Crippen LogP contribution in [0.3, 0.4) is 0 Å². The number of aromatic nitrogens is 1. The fourth-order valence-electron chi connectivity index (χ4n) is 0.437. The van der Waals surface area contributed by atoms with Gasteiger partial charge in [-0.25, -0.2) is 0 Å². The van der Waals surface area contributed by atoms with Gasteiger partial charge in [-0.3, -0.25) is 0 Å². The third kappa shape index (κ3) is 0.997. The van der Waals surface area contributed by atoms with Gasteiger partial charge in [0.25, 0.3) is 0 Å². The monoisotopic (exact) mass is 211 g/mol. The third-order valence-corrected chi connectivity index (χ3v) is 1.77. The summed E-state index contributed by atoms with van der Waals surface area (Å²) in [6.07, 6.45) is 0. The molecule has 0 spiro atoms. The zero-order chi connectivity index (χ0) is 7.02. The fourth-order valence-corrected chi connectivity index (χ4v) is 1.06. The van der Waals surface area contributed by atoms with Crippen molar-refractivity contribution in [2.75, 3.05) is 0 Å². The first kappa shape index (κ1) is 6.77. The van der Waals surface area contributed by atoms with Crippen LogP contribution in [0.5, 0.6) is 11.8 Å². The zero-order valence-electron chi connectivity index (χ0n) is 4.17. The van der Waals surface area contributed by atoms with Gasteiger partial charge in [0.05, 0.1) is 4.47 Å². The number of halogens is 2. The van der Waals surface area contributed by atoms with Gasteiger partial charge in [-0.1, -0.05) is 0 Å². The third-order valence-electron chi connectivity index (χ3n) is 0.857. The number of aromatic hydroxyl groups is 2. The molecule has 0 radical (unpaired) electrons. The van der Waals surface area contributed by atoms with Crippen molar-refractivity contribution < 1.29 is 10.2 Å². The molecule has 50 valence electrons. The summed E-state index contributed by atoms with van der Waals surface area (Å²) in [7, 11) is 0. The average molecular weight is 212 g/mol. The molecule has 1 aromatic heterocycles. The summed E-state index contributed by atoms with van der Waals surface area (Å²) in [6.45, 7) is 0. The van der Waals surface area contributed by atoms with Gasteiger partial charge in [0, 0.05) is 17.8 Å². The lowest BCUT2D eigenvalue weighted by atomic mass is 10.6. The average Bonchev–Trinajstić information content (AvgIpc) is 1.98. The van der Waals surface area contributed by atoms with Crippen LogP contribution in [0.15, 0.2) is 10.5 Å². The second-order valence-corrected chi connectivity index (χ2v) is 2.65. The first-order valence-electron chi connectivity index (χ1n) is 2.08. The van der Waals surface area contributed by atoms with E-state index in [1.165, 1.54) is 6.07 Å². The van der Waals surface area contributed by atoms with Gasteiger partial charge in [0.2, 0.25) is 11.8 Å². The van der Waals surface area contributed by atoms with E-state index in [-0.39, 0.29) is 11.8 Å². The lowest BCUT2D eigenvalue weighted by Gasteiger charge is -1.90. The number of hydrogen-bond donors (Lipinski definition) is 2. The highest BCUT2D eigenvalue weighted by atomic mass is 79.9. The Labute approximate surface area is 64.7 Å². The molecule has 3 nitrogen and oxygen atoms in total. The van der Waals surface area contributed by atoms with Crippen molar-refractivity contribution in [1.29, 1.82) is 0 Å². The highest BCUT2D eigenvalue weighted by Crippen LogP contribution is 2.32. The highest BCUT2D eigenvalue weighted by Gasteiger charge is 2.08. The van der Waals surface area contributed by atoms with Crippen molar-refractivity contribution in [2.24, 2.45) is 0 Å². The topological polar surface area (TPSA) is 45.4 Å². The molecule has 5 heteroatoms. The number of nitrogens with zero attached hydrogens (tertiary/aromatic N) is 1. The van der Waals surface area contributed by atoms with Crippen LogP contribution in [-0.2, 0) is 0 Å².